The van der Waals surface area contributed by atoms with Crippen molar-refractivity contribution in [3.05, 3.63) is 97.2 Å². The molecule has 1 unspecified atom stereocenters. The van der Waals surface area contributed by atoms with E-state index in [4.69, 9.17) is 24.3 Å². The number of carbonyl (C=O) groups is 2. The predicted octanol–water partition coefficient (Wildman–Crippen LogP) is 11.4. The second-order valence-electron chi connectivity index (χ2n) is 12.8. The molecule has 0 saturated carbocycles. The lowest BCUT2D eigenvalue weighted by atomic mass is 10.1. The lowest BCUT2D eigenvalue weighted by Crippen LogP contribution is -2.29. The van der Waals surface area contributed by atoms with Gasteiger partial charge < -0.3 is 20.1 Å². The van der Waals surface area contributed by atoms with E-state index in [0.717, 1.165) is 83.5 Å². The topological polar surface area (TPSA) is 134 Å². The molecule has 2 atom stereocenters. The number of phosphoric ester groups is 1. The molecule has 0 aromatic carbocycles. The van der Waals surface area contributed by atoms with Gasteiger partial charge in [-0.25, -0.2) is 4.57 Å². The number of phosphoric acid groups is 1. The minimum Gasteiger partial charge on any atom is -0.462 e. The summed E-state index contributed by atoms with van der Waals surface area (Å²) in [5.74, 6) is -0.955. The predicted molar refractivity (Wildman–Crippen MR) is 224 cm³/mol. The molecular formula is C44H72NO8P. The van der Waals surface area contributed by atoms with Gasteiger partial charge in [-0.05, 0) is 77.0 Å². The Morgan fingerprint density at radius 1 is 0.574 bits per heavy atom. The quantitative estimate of drug-likeness (QED) is 0.0276. The number of carbonyl (C=O) groups excluding carboxylic acids is 2. The minimum absolute atomic E-state index is 0.0344. The molecule has 9 nitrogen and oxygen atoms in total. The monoisotopic (exact) mass is 773 g/mol. The fraction of sp³-hybridized carbons (Fsp3) is 0.591. The Balaban J connectivity index is 4.38. The van der Waals surface area contributed by atoms with Crippen LogP contribution in [0, 0.1) is 0 Å². The van der Waals surface area contributed by atoms with Gasteiger partial charge in [0, 0.05) is 19.4 Å². The molecular weight excluding hydrogens is 701 g/mol. The maximum absolute atomic E-state index is 12.5. The van der Waals surface area contributed by atoms with E-state index in [0.29, 0.717) is 12.8 Å². The van der Waals surface area contributed by atoms with E-state index in [9.17, 15) is 19.0 Å². The smallest absolute Gasteiger partial charge is 0.462 e. The lowest BCUT2D eigenvalue weighted by molar-refractivity contribution is -0.161. The molecule has 0 saturated heterocycles. The highest BCUT2D eigenvalue weighted by molar-refractivity contribution is 7.47. The number of ether oxygens (including phenoxy) is 2. The third-order valence-electron chi connectivity index (χ3n) is 7.72. The largest absolute Gasteiger partial charge is 0.472 e. The molecule has 0 radical (unpaired) electrons. The summed E-state index contributed by atoms with van der Waals surface area (Å²) < 4.78 is 32.6. The zero-order valence-electron chi connectivity index (χ0n) is 33.4. The summed E-state index contributed by atoms with van der Waals surface area (Å²) in [6.07, 6.45) is 50.2. The fourth-order valence-electron chi connectivity index (χ4n) is 4.73. The van der Waals surface area contributed by atoms with Crippen molar-refractivity contribution in [2.75, 3.05) is 26.4 Å². The van der Waals surface area contributed by atoms with Gasteiger partial charge in [-0.2, -0.15) is 0 Å². The van der Waals surface area contributed by atoms with Crippen LogP contribution in [0.4, 0.5) is 0 Å². The zero-order valence-corrected chi connectivity index (χ0v) is 34.3. The van der Waals surface area contributed by atoms with Gasteiger partial charge in [0.15, 0.2) is 6.10 Å². The van der Waals surface area contributed by atoms with Crippen molar-refractivity contribution in [3.8, 4) is 0 Å². The Hall–Kier alpha value is -3.07. The first kappa shape index (κ1) is 50.9. The highest BCUT2D eigenvalue weighted by Gasteiger charge is 2.25. The van der Waals surface area contributed by atoms with Crippen LogP contribution >= 0.6 is 7.82 Å². The van der Waals surface area contributed by atoms with Crippen LogP contribution in [0.2, 0.25) is 0 Å². The van der Waals surface area contributed by atoms with Crippen LogP contribution in [0.5, 0.6) is 0 Å². The molecule has 0 rings (SSSR count). The molecule has 0 bridgehead atoms. The standard InChI is InChI=1S/C44H72NO8P/c1-3-5-7-9-11-13-15-17-19-20-21-22-23-25-27-29-31-33-35-37-44(47)53-42(41-52-54(48,49)51-39-38-45)40-50-43(46)36-34-32-30-28-26-24-18-16-14-12-10-8-6-4-2/h5,7,10-13,16-19,21-22,25,27,31,33,42H,3-4,6,8-9,14-15,20,23-24,26,28-30,32,34-41,45H2,1-2H3,(H,48,49)/b7-5-,12-10-,13-11-,18-16-,19-17-,22-21-,27-25-,33-31-/t42-/m1/s1. The summed E-state index contributed by atoms with van der Waals surface area (Å²) in [4.78, 5) is 34.8. The number of hydrogen-bond donors (Lipinski definition) is 2. The number of esters is 2. The van der Waals surface area contributed by atoms with E-state index in [1.807, 2.05) is 12.2 Å². The number of hydrogen-bond acceptors (Lipinski definition) is 8. The van der Waals surface area contributed by atoms with Crippen LogP contribution in [0.3, 0.4) is 0 Å². The van der Waals surface area contributed by atoms with Gasteiger partial charge in [-0.1, -0.05) is 143 Å². The Bertz CT molecular complexity index is 1200. The maximum atomic E-state index is 12.5. The molecule has 0 aliphatic heterocycles. The third kappa shape index (κ3) is 38.6. The van der Waals surface area contributed by atoms with Gasteiger partial charge in [0.1, 0.15) is 6.61 Å². The molecule has 0 heterocycles. The van der Waals surface area contributed by atoms with E-state index in [2.05, 4.69) is 98.9 Å². The Morgan fingerprint density at radius 2 is 1.06 bits per heavy atom. The van der Waals surface area contributed by atoms with Crippen molar-refractivity contribution < 1.29 is 37.6 Å². The highest BCUT2D eigenvalue weighted by atomic mass is 31.2. The molecule has 54 heavy (non-hydrogen) atoms. The van der Waals surface area contributed by atoms with Crippen LogP contribution in [-0.2, 0) is 32.7 Å². The van der Waals surface area contributed by atoms with Gasteiger partial charge in [-0.3, -0.25) is 18.6 Å². The first-order valence-corrected chi connectivity index (χ1v) is 21.7. The molecule has 306 valence electrons. The molecule has 0 aliphatic carbocycles. The van der Waals surface area contributed by atoms with Crippen molar-refractivity contribution in [1.29, 1.82) is 0 Å². The van der Waals surface area contributed by atoms with E-state index in [1.165, 1.54) is 12.8 Å². The Morgan fingerprint density at radius 3 is 1.59 bits per heavy atom. The highest BCUT2D eigenvalue weighted by Crippen LogP contribution is 2.43. The van der Waals surface area contributed by atoms with Crippen molar-refractivity contribution in [2.24, 2.45) is 5.73 Å². The molecule has 0 fully saturated rings. The summed E-state index contributed by atoms with van der Waals surface area (Å²) in [5.41, 5.74) is 5.33. The minimum atomic E-state index is -4.40. The summed E-state index contributed by atoms with van der Waals surface area (Å²) in [6, 6.07) is 0. The Kier molecular flexibility index (Phi) is 37.4. The van der Waals surface area contributed by atoms with Gasteiger partial charge in [0.05, 0.1) is 13.2 Å². The normalized spacial score (nSPS) is 14.4. The number of allylic oxidation sites excluding steroid dienone is 16. The van der Waals surface area contributed by atoms with Crippen molar-refractivity contribution in [2.45, 2.75) is 142 Å². The van der Waals surface area contributed by atoms with Crippen molar-refractivity contribution in [3.63, 3.8) is 0 Å². The summed E-state index contributed by atoms with van der Waals surface area (Å²) in [5, 5.41) is 0. The lowest BCUT2D eigenvalue weighted by Gasteiger charge is -2.19. The molecule has 0 aliphatic rings. The molecule has 3 N–H and O–H groups in total. The first-order chi connectivity index (χ1) is 26.3. The van der Waals surface area contributed by atoms with Crippen LogP contribution in [0.1, 0.15) is 136 Å². The van der Waals surface area contributed by atoms with Crippen LogP contribution in [0.25, 0.3) is 0 Å². The summed E-state index contributed by atoms with van der Waals surface area (Å²) in [6.45, 7) is 3.44. The van der Waals surface area contributed by atoms with Crippen LogP contribution in [-0.4, -0.2) is 49.3 Å². The van der Waals surface area contributed by atoms with Gasteiger partial charge >= 0.3 is 19.8 Å². The van der Waals surface area contributed by atoms with Crippen molar-refractivity contribution in [1.82, 2.24) is 0 Å². The van der Waals surface area contributed by atoms with Gasteiger partial charge in [-0.15, -0.1) is 0 Å². The first-order valence-electron chi connectivity index (χ1n) is 20.2. The Labute approximate surface area is 327 Å². The average molecular weight is 774 g/mol. The fourth-order valence-corrected chi connectivity index (χ4v) is 5.50. The zero-order chi connectivity index (χ0) is 39.6. The van der Waals surface area contributed by atoms with Crippen molar-refractivity contribution >= 4 is 19.8 Å². The molecule has 0 spiro atoms. The summed E-state index contributed by atoms with van der Waals surface area (Å²) >= 11 is 0. The average Bonchev–Trinajstić information content (AvgIpc) is 3.16. The van der Waals surface area contributed by atoms with E-state index in [-0.39, 0.29) is 32.6 Å². The van der Waals surface area contributed by atoms with Crippen LogP contribution < -0.4 is 5.73 Å². The second kappa shape index (κ2) is 39.6. The molecule has 0 aromatic heterocycles. The van der Waals surface area contributed by atoms with Gasteiger partial charge in [0.2, 0.25) is 0 Å². The van der Waals surface area contributed by atoms with Crippen LogP contribution in [0.15, 0.2) is 97.2 Å². The second-order valence-corrected chi connectivity index (χ2v) is 14.2. The van der Waals surface area contributed by atoms with E-state index < -0.39 is 32.5 Å². The number of rotatable bonds is 36. The summed E-state index contributed by atoms with van der Waals surface area (Å²) in [7, 11) is -4.40. The van der Waals surface area contributed by atoms with E-state index >= 15 is 0 Å². The number of nitrogens with two attached hydrogens (primary N) is 1. The maximum Gasteiger partial charge on any atom is 0.472 e. The number of unbranched alkanes of at least 4 members (excludes halogenated alkanes) is 7. The van der Waals surface area contributed by atoms with Gasteiger partial charge in [0.25, 0.3) is 0 Å². The van der Waals surface area contributed by atoms with E-state index in [1.54, 1.807) is 0 Å². The molecule has 0 amide bonds. The molecule has 0 aromatic rings. The molecule has 10 heteroatoms. The third-order valence-corrected chi connectivity index (χ3v) is 8.70. The SMILES string of the molecule is CC/C=C\C/C=C\C/C=C\C/C=C\C/C=C\C/C=C\CCC(=O)O[C@H](COC(=O)CCCCCCC/C=C\C/C=C\CCCC)COP(=O)(O)OCCN.